The molecule has 0 spiro atoms. The van der Waals surface area contributed by atoms with Gasteiger partial charge in [-0.3, -0.25) is 4.79 Å². The van der Waals surface area contributed by atoms with Crippen LogP contribution in [0.2, 0.25) is 0 Å². The third kappa shape index (κ3) is 5.01. The predicted molar refractivity (Wildman–Crippen MR) is 88.3 cm³/mol. The number of hydrogen-bond acceptors (Lipinski definition) is 3. The molecule has 1 fully saturated rings. The van der Waals surface area contributed by atoms with Crippen molar-refractivity contribution < 1.29 is 14.3 Å². The Bertz CT molecular complexity index is 539. The van der Waals surface area contributed by atoms with Gasteiger partial charge in [-0.25, -0.2) is 4.39 Å². The molecule has 1 aromatic carbocycles. The van der Waals surface area contributed by atoms with Crippen molar-refractivity contribution in [3.8, 4) is 0 Å². The number of rotatable bonds is 5. The Morgan fingerprint density at radius 1 is 1.30 bits per heavy atom. The van der Waals surface area contributed by atoms with Crippen molar-refractivity contribution in [1.29, 1.82) is 0 Å². The molecule has 128 valence electrons. The van der Waals surface area contributed by atoms with Gasteiger partial charge in [0.05, 0.1) is 0 Å². The van der Waals surface area contributed by atoms with E-state index in [1.807, 2.05) is 0 Å². The zero-order valence-corrected chi connectivity index (χ0v) is 14.2. The van der Waals surface area contributed by atoms with Gasteiger partial charge in [-0.15, -0.1) is 0 Å². The molecule has 5 heteroatoms. The summed E-state index contributed by atoms with van der Waals surface area (Å²) in [4.78, 5) is 14.3. The van der Waals surface area contributed by atoms with Crippen LogP contribution in [-0.4, -0.2) is 41.1 Å². The Morgan fingerprint density at radius 3 is 2.57 bits per heavy atom. The van der Waals surface area contributed by atoms with Crippen LogP contribution in [-0.2, 0) is 11.3 Å². The van der Waals surface area contributed by atoms with E-state index in [1.165, 1.54) is 12.1 Å². The number of nitrogens with zero attached hydrogens (tertiary/aromatic N) is 1. The van der Waals surface area contributed by atoms with E-state index in [2.05, 4.69) is 26.1 Å². The second-order valence-electron chi connectivity index (χ2n) is 7.65. The maximum Gasteiger partial charge on any atom is 0.256 e. The minimum Gasteiger partial charge on any atom is -0.379 e. The number of carbonyl (C=O) groups is 1. The molecule has 1 aromatic rings. The van der Waals surface area contributed by atoms with Gasteiger partial charge < -0.3 is 15.3 Å². The molecule has 1 amide bonds. The van der Waals surface area contributed by atoms with E-state index in [9.17, 15) is 14.3 Å². The molecule has 1 aliphatic rings. The highest BCUT2D eigenvalue weighted by molar-refractivity contribution is 5.86. The number of aliphatic hydroxyl groups is 1. The smallest absolute Gasteiger partial charge is 0.256 e. The lowest BCUT2D eigenvalue weighted by Crippen LogP contribution is -2.58. The molecule has 0 aliphatic carbocycles. The van der Waals surface area contributed by atoms with Gasteiger partial charge in [0.25, 0.3) is 5.91 Å². The maximum absolute atomic E-state index is 13.0. The van der Waals surface area contributed by atoms with Gasteiger partial charge in [0, 0.05) is 26.2 Å². The van der Waals surface area contributed by atoms with Crippen LogP contribution in [0.3, 0.4) is 0 Å². The summed E-state index contributed by atoms with van der Waals surface area (Å²) in [5, 5.41) is 13.9. The first-order chi connectivity index (χ1) is 10.7. The average molecular weight is 322 g/mol. The third-order valence-electron chi connectivity index (χ3n) is 4.06. The summed E-state index contributed by atoms with van der Waals surface area (Å²) in [6.45, 7) is 8.34. The van der Waals surface area contributed by atoms with Crippen LogP contribution in [0.4, 0.5) is 4.39 Å². The van der Waals surface area contributed by atoms with E-state index in [4.69, 9.17) is 0 Å². The third-order valence-corrected chi connectivity index (χ3v) is 4.06. The molecule has 0 bridgehead atoms. The number of halogens is 1. The van der Waals surface area contributed by atoms with Crippen molar-refractivity contribution in [2.24, 2.45) is 5.41 Å². The summed E-state index contributed by atoms with van der Waals surface area (Å²) in [6, 6.07) is 6.13. The summed E-state index contributed by atoms with van der Waals surface area (Å²) >= 11 is 0. The highest BCUT2D eigenvalue weighted by Gasteiger charge is 2.41. The fourth-order valence-corrected chi connectivity index (χ4v) is 2.83. The van der Waals surface area contributed by atoms with E-state index in [1.54, 1.807) is 17.0 Å². The number of benzene rings is 1. The fourth-order valence-electron chi connectivity index (χ4n) is 2.83. The Morgan fingerprint density at radius 2 is 1.96 bits per heavy atom. The first-order valence-electron chi connectivity index (χ1n) is 8.17. The van der Waals surface area contributed by atoms with Gasteiger partial charge in [0.2, 0.25) is 0 Å². The highest BCUT2D eigenvalue weighted by Crippen LogP contribution is 2.24. The van der Waals surface area contributed by atoms with Crippen molar-refractivity contribution in [1.82, 2.24) is 10.2 Å². The van der Waals surface area contributed by atoms with Crippen LogP contribution in [0.15, 0.2) is 24.3 Å². The minimum atomic E-state index is -1.34. The van der Waals surface area contributed by atoms with Gasteiger partial charge in [-0.1, -0.05) is 32.9 Å². The maximum atomic E-state index is 13.0. The van der Waals surface area contributed by atoms with Gasteiger partial charge in [-0.2, -0.15) is 0 Å². The van der Waals surface area contributed by atoms with Crippen molar-refractivity contribution in [3.63, 3.8) is 0 Å². The van der Waals surface area contributed by atoms with Crippen molar-refractivity contribution in [2.75, 3.05) is 19.6 Å². The van der Waals surface area contributed by atoms with Crippen LogP contribution >= 0.6 is 0 Å². The molecular formula is C18H27FN2O2. The topological polar surface area (TPSA) is 52.6 Å². The van der Waals surface area contributed by atoms with Crippen LogP contribution in [0.1, 0.15) is 39.2 Å². The molecular weight excluding hydrogens is 295 g/mol. The molecule has 1 aliphatic heterocycles. The first kappa shape index (κ1) is 17.9. The molecule has 23 heavy (non-hydrogen) atoms. The van der Waals surface area contributed by atoms with E-state index >= 15 is 0 Å². The van der Waals surface area contributed by atoms with E-state index in [-0.39, 0.29) is 23.7 Å². The Kier molecular flexibility index (Phi) is 5.42. The standard InChI is InChI=1S/C18H27FN2O2/c1-17(2,3)12-20-13-18(23)9-4-10-21(16(18)22)11-14-5-7-15(19)8-6-14/h5-8,20,23H,4,9-13H2,1-3H3/t18-/m1/s1. The molecule has 2 rings (SSSR count). The summed E-state index contributed by atoms with van der Waals surface area (Å²) < 4.78 is 13.0. The van der Waals surface area contributed by atoms with Crippen molar-refractivity contribution in [3.05, 3.63) is 35.6 Å². The van der Waals surface area contributed by atoms with E-state index in [0.717, 1.165) is 18.5 Å². The van der Waals surface area contributed by atoms with Crippen molar-refractivity contribution >= 4 is 5.91 Å². The van der Waals surface area contributed by atoms with E-state index in [0.29, 0.717) is 19.5 Å². The summed E-state index contributed by atoms with van der Waals surface area (Å²) in [7, 11) is 0. The zero-order chi connectivity index (χ0) is 17.1. The van der Waals surface area contributed by atoms with Gasteiger partial charge in [-0.05, 0) is 36.0 Å². The zero-order valence-electron chi connectivity index (χ0n) is 14.2. The molecule has 0 radical (unpaired) electrons. The minimum absolute atomic E-state index is 0.0991. The summed E-state index contributed by atoms with van der Waals surface area (Å²) in [5.41, 5.74) is -0.377. The number of amides is 1. The lowest BCUT2D eigenvalue weighted by atomic mass is 9.90. The number of hydrogen-bond donors (Lipinski definition) is 2. The normalized spacial score (nSPS) is 22.5. The van der Waals surface area contributed by atoms with Gasteiger partial charge >= 0.3 is 0 Å². The van der Waals surface area contributed by atoms with Crippen LogP contribution in [0.5, 0.6) is 0 Å². The van der Waals surface area contributed by atoms with Gasteiger partial charge in [0.1, 0.15) is 5.82 Å². The quantitative estimate of drug-likeness (QED) is 0.875. The lowest BCUT2D eigenvalue weighted by molar-refractivity contribution is -0.157. The monoisotopic (exact) mass is 322 g/mol. The Labute approximate surface area is 137 Å². The number of likely N-dealkylation sites (tertiary alicyclic amines) is 1. The lowest BCUT2D eigenvalue weighted by Gasteiger charge is -2.39. The molecule has 1 atom stereocenters. The molecule has 0 saturated carbocycles. The van der Waals surface area contributed by atoms with Crippen molar-refractivity contribution in [2.45, 2.75) is 45.8 Å². The summed E-state index contributed by atoms with van der Waals surface area (Å²) in [6.07, 6.45) is 1.24. The fraction of sp³-hybridized carbons (Fsp3) is 0.611. The van der Waals surface area contributed by atoms with Crippen LogP contribution in [0, 0.1) is 11.2 Å². The summed E-state index contributed by atoms with van der Waals surface area (Å²) in [5.74, 6) is -0.531. The number of carbonyl (C=O) groups excluding carboxylic acids is 1. The second kappa shape index (κ2) is 6.97. The molecule has 1 saturated heterocycles. The van der Waals surface area contributed by atoms with Gasteiger partial charge in [0.15, 0.2) is 5.60 Å². The predicted octanol–water partition coefficient (Wildman–Crippen LogP) is 2.31. The molecule has 2 N–H and O–H groups in total. The average Bonchev–Trinajstić information content (AvgIpc) is 2.45. The first-order valence-corrected chi connectivity index (χ1v) is 8.17. The Hall–Kier alpha value is -1.46. The molecule has 1 heterocycles. The van der Waals surface area contributed by atoms with Crippen LogP contribution < -0.4 is 5.32 Å². The Balaban J connectivity index is 1.97. The molecule has 0 unspecified atom stereocenters. The molecule has 4 nitrogen and oxygen atoms in total. The highest BCUT2D eigenvalue weighted by atomic mass is 19.1. The SMILES string of the molecule is CC(C)(C)CNC[C@]1(O)CCCN(Cc2ccc(F)cc2)C1=O. The van der Waals surface area contributed by atoms with Crippen LogP contribution in [0.25, 0.3) is 0 Å². The number of piperidine rings is 1. The number of nitrogens with one attached hydrogen (secondary N) is 1. The molecule has 0 aromatic heterocycles. The second-order valence-corrected chi connectivity index (χ2v) is 7.65. The van der Waals surface area contributed by atoms with E-state index < -0.39 is 5.60 Å². The largest absolute Gasteiger partial charge is 0.379 e.